The molecule has 0 aliphatic rings. The van der Waals surface area contributed by atoms with Gasteiger partial charge in [-0.05, 0) is 41.8 Å². The number of ether oxygens (including phenoxy) is 1. The van der Waals surface area contributed by atoms with Crippen molar-refractivity contribution >= 4 is 11.0 Å². The van der Waals surface area contributed by atoms with Gasteiger partial charge >= 0.3 is 0 Å². The fourth-order valence-corrected chi connectivity index (χ4v) is 2.79. The Kier molecular flexibility index (Phi) is 5.18. The molecule has 0 aliphatic carbocycles. The summed E-state index contributed by atoms with van der Waals surface area (Å²) in [6, 6.07) is 16.0. The fourth-order valence-electron chi connectivity index (χ4n) is 2.79. The Bertz CT molecular complexity index is 792. The monoisotopic (exact) mass is 325 g/mol. The lowest BCUT2D eigenvalue weighted by atomic mass is 10.0. The normalized spacial score (nSPS) is 12.5. The van der Waals surface area contributed by atoms with Crippen molar-refractivity contribution in [1.29, 1.82) is 0 Å². The number of benzene rings is 2. The van der Waals surface area contributed by atoms with E-state index in [-0.39, 0.29) is 12.6 Å². The van der Waals surface area contributed by atoms with E-state index < -0.39 is 0 Å². The molecule has 0 aliphatic heterocycles. The van der Waals surface area contributed by atoms with Gasteiger partial charge in [-0.2, -0.15) is 0 Å². The number of nitrogens with one attached hydrogen (secondary N) is 1. The second-order valence-corrected chi connectivity index (χ2v) is 5.83. The quantitative estimate of drug-likeness (QED) is 0.693. The van der Waals surface area contributed by atoms with Gasteiger partial charge < -0.3 is 19.6 Å². The number of fused-ring (bicyclic) bond motifs is 1. The molecule has 1 aromatic heterocycles. The van der Waals surface area contributed by atoms with Crippen LogP contribution in [0, 0.1) is 0 Å². The van der Waals surface area contributed by atoms with E-state index >= 15 is 0 Å². The van der Waals surface area contributed by atoms with Gasteiger partial charge in [0.25, 0.3) is 0 Å². The number of aryl methyl sites for hydroxylation is 1. The molecular formula is C20H23NO3. The molecule has 1 unspecified atom stereocenters. The van der Waals surface area contributed by atoms with E-state index in [2.05, 4.69) is 36.5 Å². The minimum Gasteiger partial charge on any atom is -0.497 e. The molecule has 126 valence electrons. The average molecular weight is 325 g/mol. The number of aliphatic hydroxyl groups excluding tert-OH is 1. The van der Waals surface area contributed by atoms with Gasteiger partial charge in [-0.3, -0.25) is 0 Å². The standard InChI is InChI=1S/C20H23NO3/c1-3-14-4-6-15(7-5-14)19(13-22)21-12-18-11-16-10-17(23-2)8-9-20(16)24-18/h4-11,19,21-22H,3,12-13H2,1-2H3. The highest BCUT2D eigenvalue weighted by molar-refractivity contribution is 5.79. The van der Waals surface area contributed by atoms with E-state index in [0.29, 0.717) is 6.54 Å². The van der Waals surface area contributed by atoms with Crippen LogP contribution in [-0.4, -0.2) is 18.8 Å². The summed E-state index contributed by atoms with van der Waals surface area (Å²) in [6.07, 6.45) is 1.01. The molecule has 0 saturated heterocycles. The molecule has 3 rings (SSSR count). The summed E-state index contributed by atoms with van der Waals surface area (Å²) in [5.74, 6) is 1.65. The Morgan fingerprint density at radius 1 is 1.12 bits per heavy atom. The molecular weight excluding hydrogens is 302 g/mol. The number of furan rings is 1. The third kappa shape index (κ3) is 3.61. The molecule has 0 spiro atoms. The summed E-state index contributed by atoms with van der Waals surface area (Å²) in [5.41, 5.74) is 3.20. The molecule has 2 N–H and O–H groups in total. The zero-order valence-corrected chi connectivity index (χ0v) is 14.1. The molecule has 1 atom stereocenters. The molecule has 0 bridgehead atoms. The number of hydrogen-bond acceptors (Lipinski definition) is 4. The van der Waals surface area contributed by atoms with E-state index in [1.54, 1.807) is 7.11 Å². The molecule has 4 nitrogen and oxygen atoms in total. The van der Waals surface area contributed by atoms with Crippen LogP contribution in [0.5, 0.6) is 5.75 Å². The van der Waals surface area contributed by atoms with E-state index in [4.69, 9.17) is 9.15 Å². The van der Waals surface area contributed by atoms with Gasteiger partial charge in [-0.25, -0.2) is 0 Å². The lowest BCUT2D eigenvalue weighted by Gasteiger charge is -2.16. The third-order valence-corrected chi connectivity index (χ3v) is 4.27. The fraction of sp³-hybridized carbons (Fsp3) is 0.300. The second-order valence-electron chi connectivity index (χ2n) is 5.83. The van der Waals surface area contributed by atoms with Crippen LogP contribution in [0.1, 0.15) is 29.9 Å². The summed E-state index contributed by atoms with van der Waals surface area (Å²) >= 11 is 0. The van der Waals surface area contributed by atoms with Gasteiger partial charge in [0.1, 0.15) is 17.1 Å². The predicted molar refractivity (Wildman–Crippen MR) is 95.3 cm³/mol. The average Bonchev–Trinajstić information content (AvgIpc) is 3.04. The molecule has 2 aromatic carbocycles. The van der Waals surface area contributed by atoms with Gasteiger partial charge in [-0.1, -0.05) is 31.2 Å². The first-order chi connectivity index (χ1) is 11.7. The van der Waals surface area contributed by atoms with Crippen LogP contribution in [0.25, 0.3) is 11.0 Å². The van der Waals surface area contributed by atoms with Crippen LogP contribution in [-0.2, 0) is 13.0 Å². The maximum absolute atomic E-state index is 9.68. The molecule has 4 heteroatoms. The predicted octanol–water partition coefficient (Wildman–Crippen LogP) is 3.83. The maximum atomic E-state index is 9.68. The van der Waals surface area contributed by atoms with Crippen molar-refractivity contribution in [3.05, 3.63) is 65.4 Å². The van der Waals surface area contributed by atoms with Crippen molar-refractivity contribution in [2.45, 2.75) is 25.9 Å². The van der Waals surface area contributed by atoms with Gasteiger partial charge in [0.05, 0.1) is 26.3 Å². The second kappa shape index (κ2) is 7.51. The zero-order valence-electron chi connectivity index (χ0n) is 14.1. The summed E-state index contributed by atoms with van der Waals surface area (Å²) in [5, 5.41) is 14.0. The highest BCUT2D eigenvalue weighted by Gasteiger charge is 2.12. The Morgan fingerprint density at radius 2 is 1.92 bits per heavy atom. The molecule has 0 radical (unpaired) electrons. The van der Waals surface area contributed by atoms with Crippen LogP contribution in [0.4, 0.5) is 0 Å². The SMILES string of the molecule is CCc1ccc(C(CO)NCc2cc3cc(OC)ccc3o2)cc1. The summed E-state index contributed by atoms with van der Waals surface area (Å²) in [6.45, 7) is 2.73. The molecule has 24 heavy (non-hydrogen) atoms. The van der Waals surface area contributed by atoms with Crippen LogP contribution in [0.2, 0.25) is 0 Å². The lowest BCUT2D eigenvalue weighted by molar-refractivity contribution is 0.241. The first-order valence-electron chi connectivity index (χ1n) is 8.23. The molecule has 0 amide bonds. The van der Waals surface area contributed by atoms with Crippen molar-refractivity contribution in [2.24, 2.45) is 0 Å². The highest BCUT2D eigenvalue weighted by atomic mass is 16.5. The van der Waals surface area contributed by atoms with Crippen LogP contribution >= 0.6 is 0 Å². The van der Waals surface area contributed by atoms with Crippen molar-refractivity contribution in [2.75, 3.05) is 13.7 Å². The van der Waals surface area contributed by atoms with E-state index in [1.807, 2.05) is 24.3 Å². The molecule has 0 saturated carbocycles. The van der Waals surface area contributed by atoms with Crippen molar-refractivity contribution in [1.82, 2.24) is 5.32 Å². The zero-order chi connectivity index (χ0) is 16.9. The highest BCUT2D eigenvalue weighted by Crippen LogP contribution is 2.24. The smallest absolute Gasteiger partial charge is 0.134 e. The first kappa shape index (κ1) is 16.6. The van der Waals surface area contributed by atoms with Crippen LogP contribution in [0.3, 0.4) is 0 Å². The van der Waals surface area contributed by atoms with Crippen molar-refractivity contribution in [3.63, 3.8) is 0 Å². The molecule has 3 aromatic rings. The van der Waals surface area contributed by atoms with Gasteiger partial charge in [0.2, 0.25) is 0 Å². The molecule has 0 fully saturated rings. The van der Waals surface area contributed by atoms with Crippen LogP contribution in [0.15, 0.2) is 52.9 Å². The third-order valence-electron chi connectivity index (χ3n) is 4.27. The van der Waals surface area contributed by atoms with Gasteiger partial charge in [0.15, 0.2) is 0 Å². The number of methoxy groups -OCH3 is 1. The van der Waals surface area contributed by atoms with Crippen molar-refractivity contribution in [3.8, 4) is 5.75 Å². The summed E-state index contributed by atoms with van der Waals surface area (Å²) in [4.78, 5) is 0. The summed E-state index contributed by atoms with van der Waals surface area (Å²) < 4.78 is 11.1. The Balaban J connectivity index is 1.70. The van der Waals surface area contributed by atoms with E-state index in [1.165, 1.54) is 5.56 Å². The topological polar surface area (TPSA) is 54.6 Å². The lowest BCUT2D eigenvalue weighted by Crippen LogP contribution is -2.23. The van der Waals surface area contributed by atoms with E-state index in [9.17, 15) is 5.11 Å². The number of hydrogen-bond donors (Lipinski definition) is 2. The Labute approximate surface area is 142 Å². The van der Waals surface area contributed by atoms with Gasteiger partial charge in [-0.15, -0.1) is 0 Å². The Hall–Kier alpha value is -2.30. The largest absolute Gasteiger partial charge is 0.497 e. The van der Waals surface area contributed by atoms with Gasteiger partial charge in [0, 0.05) is 5.39 Å². The minimum absolute atomic E-state index is 0.0412. The summed E-state index contributed by atoms with van der Waals surface area (Å²) in [7, 11) is 1.65. The molecule has 1 heterocycles. The van der Waals surface area contributed by atoms with Crippen molar-refractivity contribution < 1.29 is 14.3 Å². The maximum Gasteiger partial charge on any atom is 0.134 e. The minimum atomic E-state index is -0.112. The van der Waals surface area contributed by atoms with Crippen LogP contribution < -0.4 is 10.1 Å². The Morgan fingerprint density at radius 3 is 2.58 bits per heavy atom. The van der Waals surface area contributed by atoms with E-state index in [0.717, 1.165) is 34.5 Å². The number of aliphatic hydroxyl groups is 1. The number of rotatable bonds is 7. The first-order valence-corrected chi connectivity index (χ1v) is 8.23.